The second-order valence-electron chi connectivity index (χ2n) is 4.05. The standard InChI is InChI=1S/C12H17F3N2O/c13-12(14,15)6-2-3-7-16-8-10-17-9-4-1-5-11(17)18/h1,4-5,9,16H,2-3,6-8,10H2. The maximum absolute atomic E-state index is 11.8. The third-order valence-electron chi connectivity index (χ3n) is 2.49. The predicted octanol–water partition coefficient (Wildman–Crippen LogP) is 2.17. The summed E-state index contributed by atoms with van der Waals surface area (Å²) in [5.41, 5.74) is -0.0728. The van der Waals surface area contributed by atoms with Gasteiger partial charge in [-0.15, -0.1) is 0 Å². The van der Waals surface area contributed by atoms with E-state index in [0.29, 0.717) is 26.1 Å². The largest absolute Gasteiger partial charge is 0.389 e. The molecule has 18 heavy (non-hydrogen) atoms. The van der Waals surface area contributed by atoms with Crippen molar-refractivity contribution in [1.82, 2.24) is 9.88 Å². The third-order valence-corrected chi connectivity index (χ3v) is 2.49. The summed E-state index contributed by atoms with van der Waals surface area (Å²) in [4.78, 5) is 11.3. The molecule has 1 aromatic rings. The number of alkyl halides is 3. The number of rotatable bonds is 7. The van der Waals surface area contributed by atoms with Gasteiger partial charge < -0.3 is 9.88 Å². The van der Waals surface area contributed by atoms with E-state index in [1.807, 2.05) is 0 Å². The van der Waals surface area contributed by atoms with Crippen molar-refractivity contribution in [3.05, 3.63) is 34.7 Å². The number of nitrogens with zero attached hydrogens (tertiary/aromatic N) is 1. The predicted molar refractivity (Wildman–Crippen MR) is 63.5 cm³/mol. The Kier molecular flexibility index (Phi) is 5.91. The molecule has 102 valence electrons. The van der Waals surface area contributed by atoms with E-state index < -0.39 is 12.6 Å². The van der Waals surface area contributed by atoms with Gasteiger partial charge in [0.15, 0.2) is 0 Å². The molecule has 1 aromatic heterocycles. The van der Waals surface area contributed by atoms with Crippen LogP contribution >= 0.6 is 0 Å². The lowest BCUT2D eigenvalue weighted by atomic mass is 10.2. The summed E-state index contributed by atoms with van der Waals surface area (Å²) in [6.07, 6.45) is -2.47. The van der Waals surface area contributed by atoms with Crippen LogP contribution in [0.2, 0.25) is 0 Å². The van der Waals surface area contributed by atoms with Gasteiger partial charge in [0.25, 0.3) is 5.56 Å². The summed E-state index contributed by atoms with van der Waals surface area (Å²) in [6, 6.07) is 4.91. The molecule has 0 unspecified atom stereocenters. The average Bonchev–Trinajstić information content (AvgIpc) is 2.28. The monoisotopic (exact) mass is 262 g/mol. The highest BCUT2D eigenvalue weighted by molar-refractivity contribution is 4.93. The van der Waals surface area contributed by atoms with Crippen LogP contribution < -0.4 is 10.9 Å². The molecule has 0 saturated carbocycles. The number of pyridine rings is 1. The lowest BCUT2D eigenvalue weighted by molar-refractivity contribution is -0.135. The number of aromatic nitrogens is 1. The van der Waals surface area contributed by atoms with Crippen molar-refractivity contribution in [3.8, 4) is 0 Å². The van der Waals surface area contributed by atoms with E-state index >= 15 is 0 Å². The van der Waals surface area contributed by atoms with Crippen LogP contribution in [0.5, 0.6) is 0 Å². The Bertz CT molecular complexity index is 401. The summed E-state index contributed by atoms with van der Waals surface area (Å²) in [7, 11) is 0. The molecule has 0 radical (unpaired) electrons. The Morgan fingerprint density at radius 2 is 1.94 bits per heavy atom. The summed E-state index contributed by atoms with van der Waals surface area (Å²) < 4.78 is 37.1. The zero-order valence-corrected chi connectivity index (χ0v) is 10.0. The van der Waals surface area contributed by atoms with Crippen LogP contribution in [0.15, 0.2) is 29.2 Å². The van der Waals surface area contributed by atoms with E-state index in [1.54, 1.807) is 22.9 Å². The Morgan fingerprint density at radius 1 is 1.17 bits per heavy atom. The minimum Gasteiger partial charge on any atom is -0.315 e. The van der Waals surface area contributed by atoms with Gasteiger partial charge in [0.2, 0.25) is 0 Å². The quantitative estimate of drug-likeness (QED) is 0.764. The highest BCUT2D eigenvalue weighted by Gasteiger charge is 2.25. The average molecular weight is 262 g/mol. The van der Waals surface area contributed by atoms with Gasteiger partial charge in [0, 0.05) is 31.8 Å². The number of hydrogen-bond donors (Lipinski definition) is 1. The number of nitrogens with one attached hydrogen (secondary N) is 1. The van der Waals surface area contributed by atoms with Gasteiger partial charge >= 0.3 is 6.18 Å². The van der Waals surface area contributed by atoms with Gasteiger partial charge in [-0.05, 0) is 25.5 Å². The van der Waals surface area contributed by atoms with Gasteiger partial charge in [-0.1, -0.05) is 6.07 Å². The smallest absolute Gasteiger partial charge is 0.315 e. The van der Waals surface area contributed by atoms with Crippen molar-refractivity contribution in [2.75, 3.05) is 13.1 Å². The molecule has 3 nitrogen and oxygen atoms in total. The normalized spacial score (nSPS) is 11.7. The first-order valence-corrected chi connectivity index (χ1v) is 5.92. The van der Waals surface area contributed by atoms with Crippen LogP contribution in [-0.4, -0.2) is 23.8 Å². The lowest BCUT2D eigenvalue weighted by Crippen LogP contribution is -2.26. The molecule has 0 amide bonds. The molecule has 0 aliphatic carbocycles. The summed E-state index contributed by atoms with van der Waals surface area (Å²) in [5.74, 6) is 0. The summed E-state index contributed by atoms with van der Waals surface area (Å²) in [5, 5.41) is 3.02. The maximum Gasteiger partial charge on any atom is 0.389 e. The Morgan fingerprint density at radius 3 is 2.61 bits per heavy atom. The molecule has 0 fully saturated rings. The van der Waals surface area contributed by atoms with E-state index in [9.17, 15) is 18.0 Å². The van der Waals surface area contributed by atoms with Gasteiger partial charge in [0.05, 0.1) is 0 Å². The Labute approximate surface area is 104 Å². The first-order valence-electron chi connectivity index (χ1n) is 5.92. The fourth-order valence-electron chi connectivity index (χ4n) is 1.55. The molecule has 0 bridgehead atoms. The van der Waals surface area contributed by atoms with Gasteiger partial charge in [-0.3, -0.25) is 4.79 Å². The molecule has 1 heterocycles. The van der Waals surface area contributed by atoms with E-state index in [-0.39, 0.29) is 12.0 Å². The SMILES string of the molecule is O=c1ccccn1CCNCCCCC(F)(F)F. The molecule has 1 N–H and O–H groups in total. The van der Waals surface area contributed by atoms with Crippen LogP contribution in [0, 0.1) is 0 Å². The van der Waals surface area contributed by atoms with Crippen molar-refractivity contribution < 1.29 is 13.2 Å². The maximum atomic E-state index is 11.8. The van der Waals surface area contributed by atoms with Crippen molar-refractivity contribution >= 4 is 0 Å². The van der Waals surface area contributed by atoms with E-state index in [2.05, 4.69) is 5.32 Å². The summed E-state index contributed by atoms with van der Waals surface area (Å²) >= 11 is 0. The zero-order valence-electron chi connectivity index (χ0n) is 10.0. The van der Waals surface area contributed by atoms with Crippen LogP contribution in [0.4, 0.5) is 13.2 Å². The summed E-state index contributed by atoms with van der Waals surface area (Å²) in [6.45, 7) is 1.65. The molecule has 0 spiro atoms. The molecule has 0 saturated heterocycles. The van der Waals surface area contributed by atoms with Gasteiger partial charge in [-0.2, -0.15) is 13.2 Å². The van der Waals surface area contributed by atoms with Crippen LogP contribution in [-0.2, 0) is 6.54 Å². The fraction of sp³-hybridized carbons (Fsp3) is 0.583. The van der Waals surface area contributed by atoms with Crippen LogP contribution in [0.3, 0.4) is 0 Å². The lowest BCUT2D eigenvalue weighted by Gasteiger charge is -2.08. The zero-order chi connectivity index (χ0) is 13.4. The molecule has 0 aliphatic rings. The third kappa shape index (κ3) is 6.44. The molecular weight excluding hydrogens is 245 g/mol. The molecule has 0 aliphatic heterocycles. The topological polar surface area (TPSA) is 34.0 Å². The van der Waals surface area contributed by atoms with Crippen molar-refractivity contribution in [2.45, 2.75) is 32.0 Å². The van der Waals surface area contributed by atoms with Gasteiger partial charge in [-0.25, -0.2) is 0 Å². The second-order valence-corrected chi connectivity index (χ2v) is 4.05. The highest BCUT2D eigenvalue weighted by Crippen LogP contribution is 2.21. The minimum atomic E-state index is -4.06. The van der Waals surface area contributed by atoms with Crippen molar-refractivity contribution in [2.24, 2.45) is 0 Å². The van der Waals surface area contributed by atoms with E-state index in [4.69, 9.17) is 0 Å². The Balaban J connectivity index is 2.06. The van der Waals surface area contributed by atoms with Crippen LogP contribution in [0.25, 0.3) is 0 Å². The fourth-order valence-corrected chi connectivity index (χ4v) is 1.55. The minimum absolute atomic E-state index is 0.0728. The van der Waals surface area contributed by atoms with E-state index in [1.165, 1.54) is 6.07 Å². The first-order chi connectivity index (χ1) is 8.49. The molecule has 1 rings (SSSR count). The van der Waals surface area contributed by atoms with Crippen molar-refractivity contribution in [1.29, 1.82) is 0 Å². The highest BCUT2D eigenvalue weighted by atomic mass is 19.4. The molecular formula is C12H17F3N2O. The van der Waals surface area contributed by atoms with Crippen molar-refractivity contribution in [3.63, 3.8) is 0 Å². The number of unbranched alkanes of at least 4 members (excludes halogenated alkanes) is 1. The Hall–Kier alpha value is -1.30. The number of halogens is 3. The molecule has 0 atom stereocenters. The van der Waals surface area contributed by atoms with E-state index in [0.717, 1.165) is 0 Å². The number of hydrogen-bond acceptors (Lipinski definition) is 2. The first kappa shape index (κ1) is 14.8. The van der Waals surface area contributed by atoms with Crippen LogP contribution in [0.1, 0.15) is 19.3 Å². The molecule has 0 aromatic carbocycles. The second kappa shape index (κ2) is 7.20. The molecule has 6 heteroatoms. The van der Waals surface area contributed by atoms with Gasteiger partial charge in [0.1, 0.15) is 0 Å².